The highest BCUT2D eigenvalue weighted by molar-refractivity contribution is 7.92. The molecule has 0 saturated carbocycles. The molecule has 0 aliphatic heterocycles. The number of sulfonamides is 1. The molecule has 0 heterocycles. The summed E-state index contributed by atoms with van der Waals surface area (Å²) in [5.41, 5.74) is 0.904. The van der Waals surface area contributed by atoms with Crippen LogP contribution in [-0.4, -0.2) is 20.1 Å². The largest absolute Gasteiger partial charge is 0.494 e. The molecule has 6 heteroatoms. The van der Waals surface area contributed by atoms with E-state index in [0.717, 1.165) is 10.8 Å². The third-order valence-corrected chi connectivity index (χ3v) is 5.19. The van der Waals surface area contributed by atoms with E-state index in [0.29, 0.717) is 23.6 Å². The molecule has 0 unspecified atom stereocenters. The van der Waals surface area contributed by atoms with E-state index in [1.165, 1.54) is 0 Å². The molecule has 0 spiro atoms. The first-order chi connectivity index (χ1) is 12.0. The van der Waals surface area contributed by atoms with Crippen molar-refractivity contribution < 1.29 is 18.3 Å². The molecule has 3 aromatic carbocycles. The third-order valence-electron chi connectivity index (χ3n) is 3.81. The molecule has 2 N–H and O–H groups in total. The van der Waals surface area contributed by atoms with Crippen LogP contribution in [0.2, 0.25) is 0 Å². The summed E-state index contributed by atoms with van der Waals surface area (Å²) in [7, 11) is -3.73. The van der Waals surface area contributed by atoms with Crippen LogP contribution in [0.4, 0.5) is 5.69 Å². The molecular formula is C19H19NO4S. The van der Waals surface area contributed by atoms with Crippen LogP contribution < -0.4 is 9.46 Å². The van der Waals surface area contributed by atoms with E-state index < -0.39 is 10.0 Å². The van der Waals surface area contributed by atoms with Gasteiger partial charge in [0.1, 0.15) is 5.75 Å². The number of fused-ring (bicyclic) bond motifs is 1. The predicted octanol–water partition coefficient (Wildman–Crippen LogP) is 3.53. The lowest BCUT2D eigenvalue weighted by molar-refractivity contribution is 0.267. The molecule has 0 aliphatic carbocycles. The van der Waals surface area contributed by atoms with E-state index in [9.17, 15) is 13.5 Å². The summed E-state index contributed by atoms with van der Waals surface area (Å²) in [4.78, 5) is 0.186. The fourth-order valence-electron chi connectivity index (χ4n) is 2.61. The Kier molecular flexibility index (Phi) is 4.92. The van der Waals surface area contributed by atoms with Crippen molar-refractivity contribution in [3.8, 4) is 5.75 Å². The van der Waals surface area contributed by atoms with Gasteiger partial charge in [-0.25, -0.2) is 8.42 Å². The molecule has 0 aromatic heterocycles. The molecule has 0 aliphatic rings. The summed E-state index contributed by atoms with van der Waals surface area (Å²) >= 11 is 0. The molecule has 3 aromatic rings. The van der Waals surface area contributed by atoms with E-state index >= 15 is 0 Å². The highest BCUT2D eigenvalue weighted by Crippen LogP contribution is 2.26. The molecule has 25 heavy (non-hydrogen) atoms. The second-order valence-corrected chi connectivity index (χ2v) is 7.21. The summed E-state index contributed by atoms with van der Waals surface area (Å²) in [5, 5.41) is 11.3. The number of hydrogen-bond acceptors (Lipinski definition) is 4. The number of aliphatic hydroxyl groups excluding tert-OH is 1. The first-order valence-corrected chi connectivity index (χ1v) is 9.40. The second-order valence-electron chi connectivity index (χ2n) is 5.53. The van der Waals surface area contributed by atoms with Gasteiger partial charge in [-0.1, -0.05) is 30.3 Å². The van der Waals surface area contributed by atoms with Gasteiger partial charge in [-0.05, 0) is 48.0 Å². The first-order valence-electron chi connectivity index (χ1n) is 7.91. The summed E-state index contributed by atoms with van der Waals surface area (Å²) in [6.07, 6.45) is 0. The van der Waals surface area contributed by atoms with Crippen LogP contribution in [-0.2, 0) is 16.6 Å². The number of rotatable bonds is 6. The lowest BCUT2D eigenvalue weighted by Gasteiger charge is -2.13. The molecule has 0 saturated heterocycles. The molecule has 0 amide bonds. The Morgan fingerprint density at radius 2 is 1.76 bits per heavy atom. The van der Waals surface area contributed by atoms with Gasteiger partial charge in [-0.2, -0.15) is 0 Å². The maximum Gasteiger partial charge on any atom is 0.261 e. The van der Waals surface area contributed by atoms with Crippen molar-refractivity contribution in [3.63, 3.8) is 0 Å². The number of ether oxygens (including phenoxy) is 1. The van der Waals surface area contributed by atoms with Crippen molar-refractivity contribution in [2.45, 2.75) is 18.4 Å². The second kappa shape index (κ2) is 7.13. The van der Waals surface area contributed by atoms with Crippen molar-refractivity contribution in [2.24, 2.45) is 0 Å². The van der Waals surface area contributed by atoms with E-state index in [1.54, 1.807) is 36.4 Å². The number of benzene rings is 3. The Hall–Kier alpha value is -2.57. The van der Waals surface area contributed by atoms with Gasteiger partial charge in [0.15, 0.2) is 0 Å². The lowest BCUT2D eigenvalue weighted by Crippen LogP contribution is -2.13. The Bertz CT molecular complexity index is 999. The van der Waals surface area contributed by atoms with Gasteiger partial charge in [0, 0.05) is 11.3 Å². The lowest BCUT2D eigenvalue weighted by atomic mass is 10.1. The molecule has 5 nitrogen and oxygen atoms in total. The van der Waals surface area contributed by atoms with E-state index in [1.807, 2.05) is 31.2 Å². The number of hydrogen-bond donors (Lipinski definition) is 2. The highest BCUT2D eigenvalue weighted by Gasteiger charge is 2.15. The fraction of sp³-hybridized carbons (Fsp3) is 0.158. The third kappa shape index (κ3) is 3.75. The van der Waals surface area contributed by atoms with Crippen molar-refractivity contribution in [3.05, 3.63) is 66.2 Å². The maximum atomic E-state index is 12.7. The Labute approximate surface area is 146 Å². The van der Waals surface area contributed by atoms with E-state index in [-0.39, 0.29) is 11.5 Å². The predicted molar refractivity (Wildman–Crippen MR) is 98.3 cm³/mol. The Balaban J connectivity index is 1.92. The first kappa shape index (κ1) is 17.3. The molecule has 0 fully saturated rings. The van der Waals surface area contributed by atoms with Crippen LogP contribution in [0.5, 0.6) is 5.75 Å². The molecule has 0 bridgehead atoms. The van der Waals surface area contributed by atoms with Crippen molar-refractivity contribution in [2.75, 3.05) is 11.3 Å². The smallest absolute Gasteiger partial charge is 0.261 e. The van der Waals surface area contributed by atoms with Crippen molar-refractivity contribution in [1.29, 1.82) is 0 Å². The maximum absolute atomic E-state index is 12.7. The van der Waals surface area contributed by atoms with E-state index in [4.69, 9.17) is 4.74 Å². The average Bonchev–Trinajstić information content (AvgIpc) is 2.62. The Morgan fingerprint density at radius 1 is 1.00 bits per heavy atom. The van der Waals surface area contributed by atoms with Crippen LogP contribution >= 0.6 is 0 Å². The molecular weight excluding hydrogens is 338 g/mol. The number of aliphatic hydroxyl groups is 1. The van der Waals surface area contributed by atoms with Crippen LogP contribution in [0.25, 0.3) is 10.8 Å². The number of nitrogens with one attached hydrogen (secondary N) is 1. The summed E-state index contributed by atoms with van der Waals surface area (Å²) in [5.74, 6) is 0.540. The molecule has 0 atom stereocenters. The normalized spacial score (nSPS) is 11.4. The van der Waals surface area contributed by atoms with Crippen LogP contribution in [0.15, 0.2) is 65.6 Å². The van der Waals surface area contributed by atoms with Gasteiger partial charge < -0.3 is 9.84 Å². The molecule has 3 rings (SSSR count). The van der Waals surface area contributed by atoms with Crippen LogP contribution in [0.1, 0.15) is 12.5 Å². The van der Waals surface area contributed by atoms with Crippen molar-refractivity contribution >= 4 is 26.5 Å². The molecule has 0 radical (unpaired) electrons. The van der Waals surface area contributed by atoms with Crippen molar-refractivity contribution in [1.82, 2.24) is 0 Å². The minimum absolute atomic E-state index is 0.186. The summed E-state index contributed by atoms with van der Waals surface area (Å²) in [6.45, 7) is 2.08. The Morgan fingerprint density at radius 3 is 2.48 bits per heavy atom. The average molecular weight is 357 g/mol. The van der Waals surface area contributed by atoms with Crippen LogP contribution in [0.3, 0.4) is 0 Å². The topological polar surface area (TPSA) is 75.6 Å². The zero-order chi connectivity index (χ0) is 17.9. The van der Waals surface area contributed by atoms with E-state index in [2.05, 4.69) is 4.72 Å². The summed E-state index contributed by atoms with van der Waals surface area (Å²) < 4.78 is 33.3. The minimum atomic E-state index is -3.73. The molecule has 130 valence electrons. The number of anilines is 1. The minimum Gasteiger partial charge on any atom is -0.494 e. The van der Waals surface area contributed by atoms with Gasteiger partial charge in [-0.3, -0.25) is 4.72 Å². The monoisotopic (exact) mass is 357 g/mol. The standard InChI is InChI=1S/C19H19NO4S/c1-2-24-19-10-8-17(11-16(19)13-21)20-25(22,23)18-9-7-14-5-3-4-6-15(14)12-18/h3-12,20-21H,2,13H2,1H3. The van der Waals surface area contributed by atoms with Gasteiger partial charge in [0.05, 0.1) is 18.1 Å². The zero-order valence-electron chi connectivity index (χ0n) is 13.8. The zero-order valence-corrected chi connectivity index (χ0v) is 14.6. The van der Waals surface area contributed by atoms with Gasteiger partial charge in [0.25, 0.3) is 10.0 Å². The van der Waals surface area contributed by atoms with Crippen LogP contribution in [0, 0.1) is 0 Å². The quantitative estimate of drug-likeness (QED) is 0.708. The van der Waals surface area contributed by atoms with Gasteiger partial charge in [0.2, 0.25) is 0 Å². The highest BCUT2D eigenvalue weighted by atomic mass is 32.2. The SMILES string of the molecule is CCOc1ccc(NS(=O)(=O)c2ccc3ccccc3c2)cc1CO. The van der Waals surface area contributed by atoms with Gasteiger partial charge in [-0.15, -0.1) is 0 Å². The fourth-order valence-corrected chi connectivity index (χ4v) is 3.70. The van der Waals surface area contributed by atoms with Gasteiger partial charge >= 0.3 is 0 Å². The summed E-state index contributed by atoms with van der Waals surface area (Å²) in [6, 6.07) is 17.4.